The van der Waals surface area contributed by atoms with Crippen LogP contribution in [0.25, 0.3) is 0 Å². The van der Waals surface area contributed by atoms with E-state index in [4.69, 9.17) is 0 Å². The normalized spacial score (nSPS) is 46.8. The molecule has 2 rings (SSSR count). The Balaban J connectivity index is 2.32. The zero-order chi connectivity index (χ0) is 8.22. The second-order valence-corrected chi connectivity index (χ2v) is 4.59. The first-order valence-electron chi connectivity index (χ1n) is 4.41. The maximum absolute atomic E-state index is 9.56. The number of fused-ring (bicyclic) bond motifs is 2. The van der Waals surface area contributed by atoms with Gasteiger partial charge in [0.1, 0.15) is 0 Å². The lowest BCUT2D eigenvalue weighted by Gasteiger charge is -2.34. The van der Waals surface area contributed by atoms with Crippen molar-refractivity contribution in [2.75, 3.05) is 0 Å². The second kappa shape index (κ2) is 1.89. The summed E-state index contributed by atoms with van der Waals surface area (Å²) in [6, 6.07) is 0. The number of rotatable bonds is 0. The lowest BCUT2D eigenvalue weighted by atomic mass is 9.73. The van der Waals surface area contributed by atoms with Crippen molar-refractivity contribution in [2.24, 2.45) is 17.3 Å². The van der Waals surface area contributed by atoms with E-state index in [1.165, 1.54) is 12.0 Å². The Morgan fingerprint density at radius 2 is 2.09 bits per heavy atom. The summed E-state index contributed by atoms with van der Waals surface area (Å²) >= 11 is 0. The van der Waals surface area contributed by atoms with Crippen LogP contribution in [0.1, 0.15) is 26.7 Å². The molecule has 0 saturated heterocycles. The first-order chi connectivity index (χ1) is 5.03. The van der Waals surface area contributed by atoms with Crippen molar-refractivity contribution in [3.8, 4) is 0 Å². The highest BCUT2D eigenvalue weighted by Gasteiger charge is 2.52. The van der Waals surface area contributed by atoms with Crippen molar-refractivity contribution in [1.29, 1.82) is 0 Å². The number of hydrogen-bond acceptors (Lipinski definition) is 1. The molecule has 2 aliphatic carbocycles. The average molecular weight is 152 g/mol. The molecule has 0 aliphatic heterocycles. The predicted octanol–water partition coefficient (Wildman–Crippen LogP) is 1.97. The van der Waals surface area contributed by atoms with E-state index in [1.807, 2.05) is 0 Å². The molecule has 0 spiro atoms. The summed E-state index contributed by atoms with van der Waals surface area (Å²) < 4.78 is 0. The first kappa shape index (κ1) is 7.35. The van der Waals surface area contributed by atoms with E-state index in [0.717, 1.165) is 6.42 Å². The van der Waals surface area contributed by atoms with Crippen LogP contribution >= 0.6 is 0 Å². The van der Waals surface area contributed by atoms with Crippen molar-refractivity contribution in [3.63, 3.8) is 0 Å². The maximum atomic E-state index is 9.56. The quantitative estimate of drug-likeness (QED) is 0.526. The zero-order valence-corrected chi connectivity index (χ0v) is 7.30. The third-order valence-corrected chi connectivity index (χ3v) is 3.82. The van der Waals surface area contributed by atoms with Crippen molar-refractivity contribution < 1.29 is 5.11 Å². The summed E-state index contributed by atoms with van der Waals surface area (Å²) in [6.45, 7) is 8.59. The van der Waals surface area contributed by atoms with Gasteiger partial charge in [-0.3, -0.25) is 0 Å². The molecule has 2 saturated carbocycles. The number of hydrogen-bond donors (Lipinski definition) is 1. The lowest BCUT2D eigenvalue weighted by molar-refractivity contribution is 0.108. The molecule has 0 aromatic heterocycles. The fourth-order valence-electron chi connectivity index (χ4n) is 2.72. The summed E-state index contributed by atoms with van der Waals surface area (Å²) in [5.41, 5.74) is 1.57. The van der Waals surface area contributed by atoms with Crippen LogP contribution in [0.5, 0.6) is 0 Å². The van der Waals surface area contributed by atoms with Gasteiger partial charge in [0, 0.05) is 5.92 Å². The minimum atomic E-state index is -0.0828. The molecular weight excluding hydrogens is 136 g/mol. The third-order valence-electron chi connectivity index (χ3n) is 3.82. The van der Waals surface area contributed by atoms with Crippen LogP contribution in [0.2, 0.25) is 0 Å². The highest BCUT2D eigenvalue weighted by atomic mass is 16.3. The molecule has 2 fully saturated rings. The smallest absolute Gasteiger partial charge is 0.0608 e. The summed E-state index contributed by atoms with van der Waals surface area (Å²) in [5, 5.41) is 9.56. The Morgan fingerprint density at radius 3 is 2.45 bits per heavy atom. The number of aliphatic hydroxyl groups excluding tert-OH is 1. The van der Waals surface area contributed by atoms with E-state index in [-0.39, 0.29) is 6.10 Å². The lowest BCUT2D eigenvalue weighted by Crippen LogP contribution is -2.29. The van der Waals surface area contributed by atoms with Crippen LogP contribution in [0, 0.1) is 17.3 Å². The first-order valence-corrected chi connectivity index (χ1v) is 4.41. The highest BCUT2D eigenvalue weighted by Crippen LogP contribution is 2.58. The summed E-state index contributed by atoms with van der Waals surface area (Å²) in [5.74, 6) is 1.10. The third kappa shape index (κ3) is 0.750. The van der Waals surface area contributed by atoms with Crippen molar-refractivity contribution in [2.45, 2.75) is 32.8 Å². The fraction of sp³-hybridized carbons (Fsp3) is 0.800. The summed E-state index contributed by atoms with van der Waals surface area (Å²) in [7, 11) is 0. The van der Waals surface area contributed by atoms with Crippen LogP contribution in [0.4, 0.5) is 0 Å². The van der Waals surface area contributed by atoms with Gasteiger partial charge >= 0.3 is 0 Å². The Labute approximate surface area is 68.1 Å². The topological polar surface area (TPSA) is 20.2 Å². The molecule has 0 amide bonds. The second-order valence-electron chi connectivity index (χ2n) is 4.59. The van der Waals surface area contributed by atoms with Crippen molar-refractivity contribution in [3.05, 3.63) is 12.2 Å². The van der Waals surface area contributed by atoms with Gasteiger partial charge in [-0.05, 0) is 24.2 Å². The minimum absolute atomic E-state index is 0.0828. The van der Waals surface area contributed by atoms with Gasteiger partial charge in [-0.15, -0.1) is 0 Å². The zero-order valence-electron chi connectivity index (χ0n) is 7.30. The fourth-order valence-corrected chi connectivity index (χ4v) is 2.72. The van der Waals surface area contributed by atoms with Gasteiger partial charge in [0.15, 0.2) is 0 Å². The molecule has 1 nitrogen and oxygen atoms in total. The minimum Gasteiger partial charge on any atom is -0.392 e. The molecule has 0 heterocycles. The molecule has 2 bridgehead atoms. The Kier molecular flexibility index (Phi) is 1.26. The van der Waals surface area contributed by atoms with Crippen LogP contribution in [-0.4, -0.2) is 11.2 Å². The van der Waals surface area contributed by atoms with E-state index in [1.54, 1.807) is 0 Å². The molecule has 1 heteroatoms. The van der Waals surface area contributed by atoms with E-state index in [0.29, 0.717) is 17.3 Å². The average Bonchev–Trinajstić information content (AvgIpc) is 2.36. The molecule has 0 radical (unpaired) electrons. The van der Waals surface area contributed by atoms with Gasteiger partial charge in [0.05, 0.1) is 6.10 Å². The monoisotopic (exact) mass is 152 g/mol. The van der Waals surface area contributed by atoms with Gasteiger partial charge in [0.25, 0.3) is 0 Å². The molecule has 0 aromatic rings. The van der Waals surface area contributed by atoms with E-state index < -0.39 is 0 Å². The summed E-state index contributed by atoms with van der Waals surface area (Å²) in [4.78, 5) is 0. The molecule has 2 aliphatic rings. The molecule has 3 atom stereocenters. The molecule has 62 valence electrons. The molecule has 0 aromatic carbocycles. The van der Waals surface area contributed by atoms with Gasteiger partial charge in [-0.1, -0.05) is 26.0 Å². The Morgan fingerprint density at radius 1 is 1.45 bits per heavy atom. The largest absolute Gasteiger partial charge is 0.392 e. The van der Waals surface area contributed by atoms with Crippen LogP contribution in [0.3, 0.4) is 0 Å². The number of aliphatic hydroxyl groups is 1. The van der Waals surface area contributed by atoms with E-state index in [2.05, 4.69) is 20.4 Å². The predicted molar refractivity (Wildman–Crippen MR) is 45.1 cm³/mol. The Bertz CT molecular complexity index is 205. The Hall–Kier alpha value is -0.300. The van der Waals surface area contributed by atoms with Crippen molar-refractivity contribution in [1.82, 2.24) is 0 Å². The molecule has 0 unspecified atom stereocenters. The van der Waals surface area contributed by atoms with Gasteiger partial charge in [-0.2, -0.15) is 0 Å². The van der Waals surface area contributed by atoms with E-state index in [9.17, 15) is 5.11 Å². The summed E-state index contributed by atoms with van der Waals surface area (Å²) in [6.07, 6.45) is 2.09. The van der Waals surface area contributed by atoms with Crippen LogP contribution in [-0.2, 0) is 0 Å². The standard InChI is InChI=1S/C10H16O/c1-6-8-4-7(5-9(8)11)10(6,2)3/h7-9,11H,1,4-5H2,2-3H3/t7-,8-,9-/m0/s1. The highest BCUT2D eigenvalue weighted by molar-refractivity contribution is 5.25. The SMILES string of the molecule is C=C1[C@@H]2C[C@@H](C[C@@H]2O)C1(C)C. The van der Waals surface area contributed by atoms with E-state index >= 15 is 0 Å². The molecule has 1 N–H and O–H groups in total. The van der Waals surface area contributed by atoms with Gasteiger partial charge < -0.3 is 5.11 Å². The maximum Gasteiger partial charge on any atom is 0.0608 e. The molecule has 11 heavy (non-hydrogen) atoms. The van der Waals surface area contributed by atoms with Crippen LogP contribution in [0.15, 0.2) is 12.2 Å². The van der Waals surface area contributed by atoms with Gasteiger partial charge in [0.2, 0.25) is 0 Å². The van der Waals surface area contributed by atoms with Crippen LogP contribution < -0.4 is 0 Å². The van der Waals surface area contributed by atoms with Gasteiger partial charge in [-0.25, -0.2) is 0 Å². The van der Waals surface area contributed by atoms with Crippen molar-refractivity contribution >= 4 is 0 Å². The molecular formula is C10H16O.